The van der Waals surface area contributed by atoms with Gasteiger partial charge >= 0.3 is 5.97 Å². The number of carboxylic acid groups (broad SMARTS) is 1. The average molecular weight is 350 g/mol. The number of hydrazone groups is 1. The number of nitrogens with zero attached hydrogens (tertiary/aromatic N) is 3. The summed E-state index contributed by atoms with van der Waals surface area (Å²) in [6.07, 6.45) is 1.32. The number of aromatic nitrogens is 2. The number of amides is 1. The van der Waals surface area contributed by atoms with Gasteiger partial charge in [-0.05, 0) is 38.1 Å². The van der Waals surface area contributed by atoms with Crippen LogP contribution in [0.3, 0.4) is 0 Å². The van der Waals surface area contributed by atoms with Crippen molar-refractivity contribution >= 4 is 29.1 Å². The maximum absolute atomic E-state index is 12.3. The molecule has 0 aliphatic heterocycles. The summed E-state index contributed by atoms with van der Waals surface area (Å²) in [5.74, 6) is -0.547. The van der Waals surface area contributed by atoms with Crippen LogP contribution in [0.1, 0.15) is 39.0 Å². The Kier molecular flexibility index (Phi) is 4.79. The van der Waals surface area contributed by atoms with Crippen molar-refractivity contribution in [3.05, 3.63) is 65.0 Å². The van der Waals surface area contributed by atoms with Crippen LogP contribution >= 0.6 is 0 Å². The standard InChI is InChI=1S/C19H18N4O3/c1-3-23-12(2)21-16-10-13(8-9-17(16)23)18(24)22-20-11-14-6-4-5-7-15(14)19(25)26/h4-11H,3H2,1-2H3,(H,22,24)(H,25,26)/b20-11+. The first-order chi connectivity index (χ1) is 12.5. The Morgan fingerprint density at radius 1 is 1.27 bits per heavy atom. The average Bonchev–Trinajstić information content (AvgIpc) is 2.95. The third kappa shape index (κ3) is 3.32. The maximum atomic E-state index is 12.3. The van der Waals surface area contributed by atoms with Crippen LogP contribution in [0.15, 0.2) is 47.6 Å². The lowest BCUT2D eigenvalue weighted by Gasteiger charge is -2.03. The SMILES string of the molecule is CCn1c(C)nc2cc(C(=O)N/N=C/c3ccccc3C(=O)O)ccc21. The largest absolute Gasteiger partial charge is 0.478 e. The number of carbonyl (C=O) groups is 2. The molecule has 1 amide bonds. The highest BCUT2D eigenvalue weighted by Crippen LogP contribution is 2.17. The second kappa shape index (κ2) is 7.18. The molecule has 0 aliphatic carbocycles. The Morgan fingerprint density at radius 2 is 2.04 bits per heavy atom. The van der Waals surface area contributed by atoms with Gasteiger partial charge in [0.1, 0.15) is 5.82 Å². The van der Waals surface area contributed by atoms with Gasteiger partial charge in [-0.15, -0.1) is 0 Å². The first-order valence-corrected chi connectivity index (χ1v) is 8.14. The number of aromatic carboxylic acids is 1. The Bertz CT molecular complexity index is 1020. The van der Waals surface area contributed by atoms with Gasteiger partial charge in [-0.3, -0.25) is 4.79 Å². The Morgan fingerprint density at radius 3 is 2.77 bits per heavy atom. The number of hydrogen-bond donors (Lipinski definition) is 2. The molecule has 3 aromatic rings. The summed E-state index contributed by atoms with van der Waals surface area (Å²) in [6, 6.07) is 11.7. The summed E-state index contributed by atoms with van der Waals surface area (Å²) in [7, 11) is 0. The molecular weight excluding hydrogens is 332 g/mol. The van der Waals surface area contributed by atoms with E-state index in [4.69, 9.17) is 5.11 Å². The summed E-state index contributed by atoms with van der Waals surface area (Å²) in [5, 5.41) is 13.0. The molecule has 2 aromatic carbocycles. The molecule has 1 heterocycles. The second-order valence-corrected chi connectivity index (χ2v) is 5.70. The van der Waals surface area contributed by atoms with Crippen molar-refractivity contribution < 1.29 is 14.7 Å². The minimum absolute atomic E-state index is 0.118. The quantitative estimate of drug-likeness (QED) is 0.546. The van der Waals surface area contributed by atoms with Gasteiger partial charge in [0, 0.05) is 17.7 Å². The molecule has 0 saturated heterocycles. The van der Waals surface area contributed by atoms with Crippen LogP contribution in [0, 0.1) is 6.92 Å². The number of rotatable bonds is 5. The highest BCUT2D eigenvalue weighted by atomic mass is 16.4. The summed E-state index contributed by atoms with van der Waals surface area (Å²) in [5.41, 5.74) is 5.10. The van der Waals surface area contributed by atoms with E-state index in [1.54, 1.807) is 30.3 Å². The van der Waals surface area contributed by atoms with Crippen molar-refractivity contribution in [1.82, 2.24) is 15.0 Å². The van der Waals surface area contributed by atoms with E-state index in [1.807, 2.05) is 19.9 Å². The Labute approximate surface area is 150 Å². The molecule has 7 nitrogen and oxygen atoms in total. The molecule has 0 spiro atoms. The molecule has 132 valence electrons. The van der Waals surface area contributed by atoms with E-state index in [1.165, 1.54) is 12.3 Å². The van der Waals surface area contributed by atoms with Crippen LogP contribution in [-0.4, -0.2) is 32.7 Å². The fraction of sp³-hybridized carbons (Fsp3) is 0.158. The van der Waals surface area contributed by atoms with E-state index in [-0.39, 0.29) is 11.5 Å². The lowest BCUT2D eigenvalue weighted by atomic mass is 10.1. The normalized spacial score (nSPS) is 11.2. The highest BCUT2D eigenvalue weighted by molar-refractivity contribution is 6.00. The van der Waals surface area contributed by atoms with E-state index in [0.29, 0.717) is 11.1 Å². The molecule has 0 saturated carbocycles. The minimum atomic E-state index is -1.05. The molecule has 0 radical (unpaired) electrons. The van der Waals surface area contributed by atoms with Crippen LogP contribution < -0.4 is 5.43 Å². The van der Waals surface area contributed by atoms with Gasteiger partial charge in [0.25, 0.3) is 5.91 Å². The zero-order valence-electron chi connectivity index (χ0n) is 14.4. The van der Waals surface area contributed by atoms with Gasteiger partial charge in [0.2, 0.25) is 0 Å². The minimum Gasteiger partial charge on any atom is -0.478 e. The molecule has 26 heavy (non-hydrogen) atoms. The number of carbonyl (C=O) groups excluding carboxylic acids is 1. The predicted octanol–water partition coefficient (Wildman–Crippen LogP) is 2.83. The number of nitrogens with one attached hydrogen (secondary N) is 1. The summed E-state index contributed by atoms with van der Waals surface area (Å²) in [6.45, 7) is 4.77. The molecule has 2 N–H and O–H groups in total. The smallest absolute Gasteiger partial charge is 0.336 e. The monoisotopic (exact) mass is 350 g/mol. The van der Waals surface area contributed by atoms with Crippen LogP contribution in [0.4, 0.5) is 0 Å². The van der Waals surface area contributed by atoms with Gasteiger partial charge in [-0.1, -0.05) is 18.2 Å². The van der Waals surface area contributed by atoms with Crippen LogP contribution in [0.25, 0.3) is 11.0 Å². The first kappa shape index (κ1) is 17.3. The van der Waals surface area contributed by atoms with Crippen molar-refractivity contribution in [3.63, 3.8) is 0 Å². The third-order valence-electron chi connectivity index (χ3n) is 4.08. The van der Waals surface area contributed by atoms with Crippen molar-refractivity contribution in [2.45, 2.75) is 20.4 Å². The van der Waals surface area contributed by atoms with Gasteiger partial charge in [-0.25, -0.2) is 15.2 Å². The van der Waals surface area contributed by atoms with Gasteiger partial charge < -0.3 is 9.67 Å². The molecule has 7 heteroatoms. The lowest BCUT2D eigenvalue weighted by molar-refractivity contribution is 0.0696. The molecule has 0 bridgehead atoms. The third-order valence-corrected chi connectivity index (χ3v) is 4.08. The van der Waals surface area contributed by atoms with Crippen LogP contribution in [0.2, 0.25) is 0 Å². The number of aryl methyl sites for hydroxylation is 2. The second-order valence-electron chi connectivity index (χ2n) is 5.70. The van der Waals surface area contributed by atoms with Crippen molar-refractivity contribution in [2.24, 2.45) is 5.10 Å². The molecule has 1 aromatic heterocycles. The fourth-order valence-electron chi connectivity index (χ4n) is 2.82. The zero-order chi connectivity index (χ0) is 18.7. The number of carboxylic acids is 1. The lowest BCUT2D eigenvalue weighted by Crippen LogP contribution is -2.17. The summed E-state index contributed by atoms with van der Waals surface area (Å²) >= 11 is 0. The number of imidazole rings is 1. The molecule has 0 aliphatic rings. The molecular formula is C19H18N4O3. The van der Waals surface area contributed by atoms with E-state index in [0.717, 1.165) is 23.4 Å². The number of fused-ring (bicyclic) bond motifs is 1. The van der Waals surface area contributed by atoms with Gasteiger partial charge in [0.15, 0.2) is 0 Å². The summed E-state index contributed by atoms with van der Waals surface area (Å²) in [4.78, 5) is 27.9. The van der Waals surface area contributed by atoms with Crippen LogP contribution in [0.5, 0.6) is 0 Å². The molecule has 0 unspecified atom stereocenters. The molecule has 0 fully saturated rings. The van der Waals surface area contributed by atoms with Crippen LogP contribution in [-0.2, 0) is 6.54 Å². The number of benzene rings is 2. The Balaban J connectivity index is 1.78. The predicted molar refractivity (Wildman–Crippen MR) is 98.6 cm³/mol. The van der Waals surface area contributed by atoms with Gasteiger partial charge in [0.05, 0.1) is 22.8 Å². The number of hydrogen-bond acceptors (Lipinski definition) is 4. The highest BCUT2D eigenvalue weighted by Gasteiger charge is 2.11. The van der Waals surface area contributed by atoms with Crippen molar-refractivity contribution in [3.8, 4) is 0 Å². The van der Waals surface area contributed by atoms with Crippen molar-refractivity contribution in [2.75, 3.05) is 0 Å². The first-order valence-electron chi connectivity index (χ1n) is 8.14. The summed E-state index contributed by atoms with van der Waals surface area (Å²) < 4.78 is 2.07. The molecule has 3 rings (SSSR count). The van der Waals surface area contributed by atoms with E-state index in [2.05, 4.69) is 20.1 Å². The Hall–Kier alpha value is -3.48. The zero-order valence-corrected chi connectivity index (χ0v) is 14.4. The topological polar surface area (TPSA) is 96.6 Å². The fourth-order valence-corrected chi connectivity index (χ4v) is 2.82. The van der Waals surface area contributed by atoms with E-state index >= 15 is 0 Å². The van der Waals surface area contributed by atoms with E-state index < -0.39 is 5.97 Å². The molecule has 0 atom stereocenters. The maximum Gasteiger partial charge on any atom is 0.336 e. The van der Waals surface area contributed by atoms with Gasteiger partial charge in [-0.2, -0.15) is 5.10 Å². The van der Waals surface area contributed by atoms with E-state index in [9.17, 15) is 9.59 Å². The van der Waals surface area contributed by atoms with Crippen molar-refractivity contribution in [1.29, 1.82) is 0 Å².